The third-order valence-electron chi connectivity index (χ3n) is 4.01. The monoisotopic (exact) mass is 276 g/mol. The van der Waals surface area contributed by atoms with Gasteiger partial charge in [0.05, 0.1) is 17.9 Å². The van der Waals surface area contributed by atoms with E-state index in [0.717, 1.165) is 24.1 Å². The summed E-state index contributed by atoms with van der Waals surface area (Å²) >= 11 is 0. The van der Waals surface area contributed by atoms with Crippen LogP contribution >= 0.6 is 0 Å². The molecule has 0 radical (unpaired) electrons. The van der Waals surface area contributed by atoms with Crippen molar-refractivity contribution in [3.05, 3.63) is 16.8 Å². The van der Waals surface area contributed by atoms with Crippen molar-refractivity contribution in [2.75, 3.05) is 6.61 Å². The van der Waals surface area contributed by atoms with Crippen LogP contribution in [0.5, 0.6) is 5.88 Å². The number of nitrogens with one attached hydrogen (secondary N) is 1. The largest absolute Gasteiger partial charge is 0.476 e. The topological polar surface area (TPSA) is 84.9 Å². The number of hydrogen-bond donors (Lipinski definition) is 2. The van der Waals surface area contributed by atoms with Gasteiger partial charge in [-0.2, -0.15) is 5.10 Å². The second-order valence-corrected chi connectivity index (χ2v) is 5.39. The van der Waals surface area contributed by atoms with Crippen LogP contribution in [0.3, 0.4) is 0 Å². The minimum atomic E-state index is 0.0212. The third-order valence-corrected chi connectivity index (χ3v) is 4.01. The van der Waals surface area contributed by atoms with Gasteiger partial charge in [-0.1, -0.05) is 26.7 Å². The highest BCUT2D eigenvalue weighted by Gasteiger charge is 2.20. The first-order chi connectivity index (χ1) is 9.67. The number of nitrogens with two attached hydrogens (primary N) is 1. The molecule has 0 saturated heterocycles. The molecule has 1 heterocycles. The zero-order chi connectivity index (χ0) is 14.5. The first-order valence-corrected chi connectivity index (χ1v) is 7.52. The SMILES string of the molecule is CCc1nnc(OCC2CCCC2)c(C(=N)N)c1CC. The highest BCUT2D eigenvalue weighted by molar-refractivity contribution is 5.98. The van der Waals surface area contributed by atoms with E-state index < -0.39 is 0 Å². The van der Waals surface area contributed by atoms with Crippen LogP contribution in [0.2, 0.25) is 0 Å². The van der Waals surface area contributed by atoms with Crippen molar-refractivity contribution in [2.24, 2.45) is 11.7 Å². The van der Waals surface area contributed by atoms with E-state index in [1.807, 2.05) is 13.8 Å². The Hall–Kier alpha value is -1.65. The molecule has 1 aliphatic rings. The zero-order valence-corrected chi connectivity index (χ0v) is 12.4. The molecule has 0 bridgehead atoms. The van der Waals surface area contributed by atoms with E-state index >= 15 is 0 Å². The number of nitrogens with zero attached hydrogens (tertiary/aromatic N) is 2. The molecule has 2 rings (SSSR count). The Morgan fingerprint density at radius 2 is 1.95 bits per heavy atom. The van der Waals surface area contributed by atoms with E-state index in [2.05, 4.69) is 10.2 Å². The van der Waals surface area contributed by atoms with Gasteiger partial charge in [0.1, 0.15) is 5.84 Å². The Balaban J connectivity index is 2.24. The number of hydrogen-bond acceptors (Lipinski definition) is 4. The minimum absolute atomic E-state index is 0.0212. The normalized spacial score (nSPS) is 15.5. The number of aryl methyl sites for hydroxylation is 1. The molecule has 0 aromatic carbocycles. The Morgan fingerprint density at radius 1 is 1.25 bits per heavy atom. The molecule has 1 aliphatic carbocycles. The molecular weight excluding hydrogens is 252 g/mol. The van der Waals surface area contributed by atoms with E-state index in [-0.39, 0.29) is 5.84 Å². The van der Waals surface area contributed by atoms with Gasteiger partial charge >= 0.3 is 0 Å². The second-order valence-electron chi connectivity index (χ2n) is 5.39. The maximum Gasteiger partial charge on any atom is 0.244 e. The van der Waals surface area contributed by atoms with Crippen LogP contribution in [0.25, 0.3) is 0 Å². The predicted octanol–water partition coefficient (Wildman–Crippen LogP) is 2.45. The summed E-state index contributed by atoms with van der Waals surface area (Å²) in [7, 11) is 0. The molecular formula is C15H24N4O. The molecule has 0 amide bonds. The molecule has 3 N–H and O–H groups in total. The fourth-order valence-electron chi connectivity index (χ4n) is 2.91. The standard InChI is InChI=1S/C15H24N4O/c1-3-11-12(4-2)18-19-15(13(11)14(16)17)20-9-10-7-5-6-8-10/h10H,3-9H2,1-2H3,(H3,16,17). The second kappa shape index (κ2) is 6.68. The molecule has 0 atom stereocenters. The van der Waals surface area contributed by atoms with Crippen molar-refractivity contribution in [1.82, 2.24) is 10.2 Å². The van der Waals surface area contributed by atoms with Crippen molar-refractivity contribution in [1.29, 1.82) is 5.41 Å². The summed E-state index contributed by atoms with van der Waals surface area (Å²) in [5.41, 5.74) is 8.28. The number of amidine groups is 1. The van der Waals surface area contributed by atoms with Crippen molar-refractivity contribution in [2.45, 2.75) is 52.4 Å². The van der Waals surface area contributed by atoms with Gasteiger partial charge < -0.3 is 10.5 Å². The van der Waals surface area contributed by atoms with Gasteiger partial charge in [0, 0.05) is 0 Å². The van der Waals surface area contributed by atoms with Gasteiger partial charge in [0.15, 0.2) is 0 Å². The van der Waals surface area contributed by atoms with Crippen LogP contribution in [0.1, 0.15) is 56.4 Å². The fourth-order valence-corrected chi connectivity index (χ4v) is 2.91. The van der Waals surface area contributed by atoms with Gasteiger partial charge in [-0.05, 0) is 37.2 Å². The van der Waals surface area contributed by atoms with Crippen LogP contribution in [-0.2, 0) is 12.8 Å². The number of aromatic nitrogens is 2. The van der Waals surface area contributed by atoms with Gasteiger partial charge in [0.2, 0.25) is 5.88 Å². The van der Waals surface area contributed by atoms with Crippen molar-refractivity contribution < 1.29 is 4.74 Å². The molecule has 0 unspecified atom stereocenters. The van der Waals surface area contributed by atoms with E-state index in [1.54, 1.807) is 0 Å². The quantitative estimate of drug-likeness (QED) is 0.617. The summed E-state index contributed by atoms with van der Waals surface area (Å²) in [4.78, 5) is 0. The van der Waals surface area contributed by atoms with Gasteiger partial charge in [-0.25, -0.2) is 0 Å². The lowest BCUT2D eigenvalue weighted by Gasteiger charge is -2.16. The molecule has 1 saturated carbocycles. The average Bonchev–Trinajstić information content (AvgIpc) is 2.96. The molecule has 5 nitrogen and oxygen atoms in total. The minimum Gasteiger partial charge on any atom is -0.476 e. The summed E-state index contributed by atoms with van der Waals surface area (Å²) in [6.45, 7) is 4.74. The lowest BCUT2D eigenvalue weighted by molar-refractivity contribution is 0.240. The van der Waals surface area contributed by atoms with Crippen LogP contribution in [0, 0.1) is 11.3 Å². The Labute approximate surface area is 120 Å². The predicted molar refractivity (Wildman–Crippen MR) is 79.3 cm³/mol. The molecule has 0 aliphatic heterocycles. The van der Waals surface area contributed by atoms with E-state index in [0.29, 0.717) is 24.0 Å². The number of rotatable bonds is 6. The summed E-state index contributed by atoms with van der Waals surface area (Å²) in [6, 6.07) is 0. The van der Waals surface area contributed by atoms with E-state index in [4.69, 9.17) is 15.9 Å². The van der Waals surface area contributed by atoms with E-state index in [1.165, 1.54) is 25.7 Å². The van der Waals surface area contributed by atoms with Gasteiger partial charge in [-0.3, -0.25) is 5.41 Å². The summed E-state index contributed by atoms with van der Waals surface area (Å²) < 4.78 is 5.83. The maximum atomic E-state index is 7.81. The summed E-state index contributed by atoms with van der Waals surface area (Å²) in [5, 5.41) is 16.2. The first-order valence-electron chi connectivity index (χ1n) is 7.52. The number of ether oxygens (including phenoxy) is 1. The van der Waals surface area contributed by atoms with E-state index in [9.17, 15) is 0 Å². The highest BCUT2D eigenvalue weighted by atomic mass is 16.5. The van der Waals surface area contributed by atoms with Gasteiger partial charge in [0.25, 0.3) is 0 Å². The maximum absolute atomic E-state index is 7.81. The highest BCUT2D eigenvalue weighted by Crippen LogP contribution is 2.27. The van der Waals surface area contributed by atoms with Crippen LogP contribution in [0.15, 0.2) is 0 Å². The van der Waals surface area contributed by atoms with Crippen LogP contribution in [-0.4, -0.2) is 22.6 Å². The number of nitrogen functional groups attached to an aromatic ring is 1. The Bertz CT molecular complexity index is 481. The average molecular weight is 276 g/mol. The molecule has 110 valence electrons. The molecule has 1 aromatic rings. The summed E-state index contributed by atoms with van der Waals surface area (Å²) in [6.07, 6.45) is 6.59. The lowest BCUT2D eigenvalue weighted by atomic mass is 10.0. The Kier molecular flexibility index (Phi) is 4.93. The van der Waals surface area contributed by atoms with Crippen molar-refractivity contribution >= 4 is 5.84 Å². The Morgan fingerprint density at radius 3 is 2.50 bits per heavy atom. The molecule has 20 heavy (non-hydrogen) atoms. The first kappa shape index (κ1) is 14.8. The van der Waals surface area contributed by atoms with Crippen molar-refractivity contribution in [3.63, 3.8) is 0 Å². The molecule has 5 heteroatoms. The smallest absolute Gasteiger partial charge is 0.244 e. The van der Waals surface area contributed by atoms with Crippen LogP contribution in [0.4, 0.5) is 0 Å². The molecule has 0 spiro atoms. The third kappa shape index (κ3) is 3.08. The summed E-state index contributed by atoms with van der Waals surface area (Å²) in [5.74, 6) is 1.05. The molecule has 1 aromatic heterocycles. The lowest BCUT2D eigenvalue weighted by Crippen LogP contribution is -2.20. The van der Waals surface area contributed by atoms with Crippen molar-refractivity contribution in [3.8, 4) is 5.88 Å². The van der Waals surface area contributed by atoms with Crippen LogP contribution < -0.4 is 10.5 Å². The zero-order valence-electron chi connectivity index (χ0n) is 12.4. The van der Waals surface area contributed by atoms with Gasteiger partial charge in [-0.15, -0.1) is 5.10 Å². The molecule has 1 fully saturated rings. The fraction of sp³-hybridized carbons (Fsp3) is 0.667.